The highest BCUT2D eigenvalue weighted by Gasteiger charge is 2.44. The molecule has 1 saturated carbocycles. The number of rotatable bonds is 2. The molecule has 0 radical (unpaired) electrons. The Morgan fingerprint density at radius 1 is 1.50 bits per heavy atom. The smallest absolute Gasteiger partial charge is 0.417 e. The van der Waals surface area contributed by atoms with Crippen molar-refractivity contribution in [2.24, 2.45) is 5.92 Å². The number of benzene rings is 1. The van der Waals surface area contributed by atoms with Crippen LogP contribution in [0.25, 0.3) is 11.1 Å². The third kappa shape index (κ3) is 1.32. The number of carboxylic acids is 1. The van der Waals surface area contributed by atoms with Gasteiger partial charge in [-0.1, -0.05) is 6.07 Å². The quantitative estimate of drug-likeness (QED) is 0.797. The van der Waals surface area contributed by atoms with Crippen LogP contribution in [0.1, 0.15) is 17.9 Å². The first kappa shape index (κ1) is 9.21. The standard InChI is InChI=1S/C11H9NO4/c13-10(14)7-4-6(7)5-1-2-9-8(3-5)12-11(15)16-9/h1-3,6-7H,4H2,(H,12,15)(H,13,14). The van der Waals surface area contributed by atoms with E-state index in [9.17, 15) is 9.59 Å². The number of nitrogens with one attached hydrogen (secondary N) is 1. The lowest BCUT2D eigenvalue weighted by Crippen LogP contribution is -1.98. The van der Waals surface area contributed by atoms with E-state index in [1.807, 2.05) is 6.07 Å². The normalized spacial score (nSPS) is 23.5. The molecule has 1 aromatic heterocycles. The average Bonchev–Trinajstić information content (AvgIpc) is 2.94. The third-order valence-corrected chi connectivity index (χ3v) is 2.98. The molecule has 1 aliphatic rings. The van der Waals surface area contributed by atoms with Crippen LogP contribution >= 0.6 is 0 Å². The molecule has 2 aromatic rings. The Bertz CT molecular complexity index is 624. The van der Waals surface area contributed by atoms with E-state index in [0.717, 1.165) is 5.56 Å². The second kappa shape index (κ2) is 2.98. The summed E-state index contributed by atoms with van der Waals surface area (Å²) in [5.74, 6) is -1.46. The molecule has 3 rings (SSSR count). The first-order valence-electron chi connectivity index (χ1n) is 5.01. The van der Waals surface area contributed by atoms with Crippen LogP contribution in [0.5, 0.6) is 0 Å². The van der Waals surface area contributed by atoms with Gasteiger partial charge >= 0.3 is 11.7 Å². The van der Waals surface area contributed by atoms with Crippen LogP contribution in [0.15, 0.2) is 27.4 Å². The SMILES string of the molecule is O=C(O)C1CC1c1ccc2oc(=O)[nH]c2c1. The Labute approximate surface area is 89.7 Å². The lowest BCUT2D eigenvalue weighted by atomic mass is 10.1. The molecule has 0 amide bonds. The molecule has 0 spiro atoms. The Morgan fingerprint density at radius 3 is 3.00 bits per heavy atom. The number of aliphatic carboxylic acids is 1. The molecule has 0 bridgehead atoms. The summed E-state index contributed by atoms with van der Waals surface area (Å²) in [5.41, 5.74) is 2.07. The number of fused-ring (bicyclic) bond motifs is 1. The number of H-pyrrole nitrogens is 1. The summed E-state index contributed by atoms with van der Waals surface area (Å²) >= 11 is 0. The summed E-state index contributed by atoms with van der Waals surface area (Å²) in [5, 5.41) is 8.83. The van der Waals surface area contributed by atoms with Crippen molar-refractivity contribution in [3.8, 4) is 0 Å². The lowest BCUT2D eigenvalue weighted by molar-refractivity contribution is -0.138. The number of hydrogen-bond acceptors (Lipinski definition) is 3. The van der Waals surface area contributed by atoms with Gasteiger partial charge in [-0.15, -0.1) is 0 Å². The van der Waals surface area contributed by atoms with Gasteiger partial charge in [0.05, 0.1) is 11.4 Å². The molecule has 82 valence electrons. The van der Waals surface area contributed by atoms with Crippen molar-refractivity contribution in [3.63, 3.8) is 0 Å². The number of carbonyl (C=O) groups is 1. The largest absolute Gasteiger partial charge is 0.481 e. The fourth-order valence-corrected chi connectivity index (χ4v) is 2.04. The van der Waals surface area contributed by atoms with Gasteiger partial charge in [0.1, 0.15) is 0 Å². The van der Waals surface area contributed by atoms with Gasteiger partial charge in [-0.3, -0.25) is 9.78 Å². The highest BCUT2D eigenvalue weighted by atomic mass is 16.4. The Morgan fingerprint density at radius 2 is 2.31 bits per heavy atom. The lowest BCUT2D eigenvalue weighted by Gasteiger charge is -1.97. The first-order valence-corrected chi connectivity index (χ1v) is 5.01. The van der Waals surface area contributed by atoms with E-state index in [-0.39, 0.29) is 11.8 Å². The zero-order valence-electron chi connectivity index (χ0n) is 8.27. The van der Waals surface area contributed by atoms with Gasteiger partial charge in [0.2, 0.25) is 0 Å². The number of aromatic amines is 1. The molecule has 16 heavy (non-hydrogen) atoms. The van der Waals surface area contributed by atoms with Crippen LogP contribution in [0.4, 0.5) is 0 Å². The van der Waals surface area contributed by atoms with Crippen molar-refractivity contribution in [1.29, 1.82) is 0 Å². The Kier molecular flexibility index (Phi) is 1.71. The highest BCUT2D eigenvalue weighted by Crippen LogP contribution is 2.47. The predicted octanol–water partition coefficient (Wildman–Crippen LogP) is 1.31. The second-order valence-corrected chi connectivity index (χ2v) is 4.06. The summed E-state index contributed by atoms with van der Waals surface area (Å²) in [7, 11) is 0. The second-order valence-electron chi connectivity index (χ2n) is 4.06. The van der Waals surface area contributed by atoms with Gasteiger partial charge in [-0.05, 0) is 30.0 Å². The van der Waals surface area contributed by atoms with Crippen molar-refractivity contribution in [2.45, 2.75) is 12.3 Å². The molecule has 1 fully saturated rings. The minimum Gasteiger partial charge on any atom is -0.481 e. The minimum absolute atomic E-state index is 0.0697. The Balaban J connectivity index is 2.00. The fraction of sp³-hybridized carbons (Fsp3) is 0.273. The van der Waals surface area contributed by atoms with Gasteiger partial charge in [0.15, 0.2) is 5.58 Å². The number of hydrogen-bond donors (Lipinski definition) is 2. The molecule has 0 aliphatic heterocycles. The first-order chi connectivity index (χ1) is 7.65. The average molecular weight is 219 g/mol. The van der Waals surface area contributed by atoms with Gasteiger partial charge in [-0.25, -0.2) is 4.79 Å². The van der Waals surface area contributed by atoms with E-state index in [1.54, 1.807) is 12.1 Å². The molecule has 1 aliphatic carbocycles. The molecule has 1 aromatic carbocycles. The summed E-state index contributed by atoms with van der Waals surface area (Å²) < 4.78 is 4.87. The minimum atomic E-state index is -0.759. The van der Waals surface area contributed by atoms with Crippen molar-refractivity contribution < 1.29 is 14.3 Å². The van der Waals surface area contributed by atoms with Crippen molar-refractivity contribution in [2.75, 3.05) is 0 Å². The molecule has 5 nitrogen and oxygen atoms in total. The number of oxazole rings is 1. The summed E-state index contributed by atoms with van der Waals surface area (Å²) in [4.78, 5) is 24.2. The number of carboxylic acid groups (broad SMARTS) is 1. The zero-order valence-corrected chi connectivity index (χ0v) is 8.27. The van der Waals surface area contributed by atoms with Crippen LogP contribution in [-0.4, -0.2) is 16.1 Å². The summed E-state index contributed by atoms with van der Waals surface area (Å²) in [6, 6.07) is 5.29. The van der Waals surface area contributed by atoms with Crippen LogP contribution < -0.4 is 5.76 Å². The highest BCUT2D eigenvalue weighted by molar-refractivity contribution is 5.77. The van der Waals surface area contributed by atoms with E-state index in [1.165, 1.54) is 0 Å². The molecule has 0 saturated heterocycles. The van der Waals surface area contributed by atoms with E-state index in [4.69, 9.17) is 9.52 Å². The van der Waals surface area contributed by atoms with Gasteiger partial charge in [0.25, 0.3) is 0 Å². The maximum Gasteiger partial charge on any atom is 0.417 e. The van der Waals surface area contributed by atoms with Gasteiger partial charge < -0.3 is 9.52 Å². The molecular weight excluding hydrogens is 210 g/mol. The van der Waals surface area contributed by atoms with Crippen LogP contribution in [0.2, 0.25) is 0 Å². The van der Waals surface area contributed by atoms with Crippen molar-refractivity contribution in [1.82, 2.24) is 4.98 Å². The van der Waals surface area contributed by atoms with Crippen LogP contribution in [0.3, 0.4) is 0 Å². The Hall–Kier alpha value is -2.04. The summed E-state index contributed by atoms with van der Waals surface area (Å²) in [6.07, 6.45) is 0.670. The molecule has 1 heterocycles. The molecule has 2 N–H and O–H groups in total. The van der Waals surface area contributed by atoms with Gasteiger partial charge in [0, 0.05) is 0 Å². The van der Waals surface area contributed by atoms with Crippen molar-refractivity contribution in [3.05, 3.63) is 34.3 Å². The molecular formula is C11H9NO4. The van der Waals surface area contributed by atoms with E-state index in [0.29, 0.717) is 17.5 Å². The van der Waals surface area contributed by atoms with E-state index in [2.05, 4.69) is 4.98 Å². The van der Waals surface area contributed by atoms with E-state index < -0.39 is 11.7 Å². The topological polar surface area (TPSA) is 83.3 Å². The van der Waals surface area contributed by atoms with Gasteiger partial charge in [-0.2, -0.15) is 0 Å². The van der Waals surface area contributed by atoms with Crippen LogP contribution in [-0.2, 0) is 4.79 Å². The maximum atomic E-state index is 10.9. The third-order valence-electron chi connectivity index (χ3n) is 2.98. The molecule has 2 unspecified atom stereocenters. The maximum absolute atomic E-state index is 10.9. The zero-order chi connectivity index (χ0) is 11.3. The molecule has 5 heteroatoms. The monoisotopic (exact) mass is 219 g/mol. The summed E-state index contributed by atoms with van der Waals surface area (Å²) in [6.45, 7) is 0. The molecule has 2 atom stereocenters. The van der Waals surface area contributed by atoms with E-state index >= 15 is 0 Å². The van der Waals surface area contributed by atoms with Crippen LogP contribution in [0, 0.1) is 5.92 Å². The number of aromatic nitrogens is 1. The van der Waals surface area contributed by atoms with Crippen molar-refractivity contribution >= 4 is 17.1 Å². The fourth-order valence-electron chi connectivity index (χ4n) is 2.04. The predicted molar refractivity (Wildman–Crippen MR) is 55.3 cm³/mol.